The predicted octanol–water partition coefficient (Wildman–Crippen LogP) is 3.88. The largest absolute Gasteiger partial charge is 0.372 e. The van der Waals surface area contributed by atoms with E-state index in [2.05, 4.69) is 68.8 Å². The molecule has 2 N–H and O–H groups in total. The molecule has 146 valence electrons. The lowest BCUT2D eigenvalue weighted by molar-refractivity contribution is 0.405. The number of aromatic nitrogens is 2. The van der Waals surface area contributed by atoms with E-state index in [4.69, 9.17) is 0 Å². The van der Waals surface area contributed by atoms with E-state index in [1.54, 1.807) is 0 Å². The van der Waals surface area contributed by atoms with Crippen LogP contribution in [0.4, 0.5) is 23.1 Å². The van der Waals surface area contributed by atoms with E-state index < -0.39 is 0 Å². The third-order valence-corrected chi connectivity index (χ3v) is 4.79. The molecule has 2 heterocycles. The maximum atomic E-state index is 4.60. The summed E-state index contributed by atoms with van der Waals surface area (Å²) in [4.78, 5) is 13.8. The first-order chi connectivity index (χ1) is 13.1. The Morgan fingerprint density at radius 3 is 2.48 bits per heavy atom. The maximum Gasteiger partial charge on any atom is 0.229 e. The lowest BCUT2D eigenvalue weighted by Gasteiger charge is -2.28. The molecule has 0 radical (unpaired) electrons. The Kier molecular flexibility index (Phi) is 6.87. The van der Waals surface area contributed by atoms with Gasteiger partial charge < -0.3 is 20.4 Å². The van der Waals surface area contributed by atoms with Gasteiger partial charge in [0, 0.05) is 42.8 Å². The van der Waals surface area contributed by atoms with Crippen molar-refractivity contribution >= 4 is 23.1 Å². The average Bonchev–Trinajstić information content (AvgIpc) is 2.66. The van der Waals surface area contributed by atoms with Crippen molar-refractivity contribution in [1.29, 1.82) is 0 Å². The minimum Gasteiger partial charge on any atom is -0.372 e. The van der Waals surface area contributed by atoms with Crippen molar-refractivity contribution < 1.29 is 0 Å². The molecule has 0 bridgehead atoms. The van der Waals surface area contributed by atoms with Crippen molar-refractivity contribution in [2.75, 3.05) is 55.8 Å². The predicted molar refractivity (Wildman–Crippen MR) is 114 cm³/mol. The quantitative estimate of drug-likeness (QED) is 0.690. The summed E-state index contributed by atoms with van der Waals surface area (Å²) in [7, 11) is 4.18. The molecule has 0 spiro atoms. The fraction of sp³-hybridized carbons (Fsp3) is 0.524. The van der Waals surface area contributed by atoms with Crippen molar-refractivity contribution in [3.8, 4) is 0 Å². The van der Waals surface area contributed by atoms with Crippen molar-refractivity contribution in [3.05, 3.63) is 36.0 Å². The Morgan fingerprint density at radius 1 is 1.04 bits per heavy atom. The molecule has 0 aliphatic carbocycles. The van der Waals surface area contributed by atoms with E-state index >= 15 is 0 Å². The first-order valence-electron chi connectivity index (χ1n) is 9.96. The van der Waals surface area contributed by atoms with E-state index in [0.29, 0.717) is 5.95 Å². The monoisotopic (exact) mass is 368 g/mol. The standard InChI is InChI=1S/C21H32N6/c1-17-16-20(22-12-7-13-26(2)3)25-21(23-17)24-18-8-10-19(11-9-18)27-14-5-4-6-15-27/h8-11,16H,4-7,12-15H2,1-3H3,(H2,22,23,24,25). The summed E-state index contributed by atoms with van der Waals surface area (Å²) in [5, 5.41) is 6.73. The van der Waals surface area contributed by atoms with E-state index in [-0.39, 0.29) is 0 Å². The van der Waals surface area contributed by atoms with Crippen molar-refractivity contribution in [1.82, 2.24) is 14.9 Å². The SMILES string of the molecule is Cc1cc(NCCCN(C)C)nc(Nc2ccc(N3CCCCC3)cc2)n1. The van der Waals surface area contributed by atoms with E-state index in [0.717, 1.165) is 49.8 Å². The highest BCUT2D eigenvalue weighted by atomic mass is 15.2. The van der Waals surface area contributed by atoms with Crippen molar-refractivity contribution in [2.24, 2.45) is 0 Å². The molecule has 6 nitrogen and oxygen atoms in total. The third-order valence-electron chi connectivity index (χ3n) is 4.79. The summed E-state index contributed by atoms with van der Waals surface area (Å²) in [5.74, 6) is 1.50. The van der Waals surface area contributed by atoms with Crippen LogP contribution in [0.25, 0.3) is 0 Å². The molecular formula is C21H32N6. The lowest BCUT2D eigenvalue weighted by atomic mass is 10.1. The van der Waals surface area contributed by atoms with Crippen LogP contribution in [0.15, 0.2) is 30.3 Å². The van der Waals surface area contributed by atoms with Crippen LogP contribution < -0.4 is 15.5 Å². The van der Waals surface area contributed by atoms with Crippen LogP contribution in [-0.4, -0.2) is 55.1 Å². The number of hydrogen-bond donors (Lipinski definition) is 2. The van der Waals surface area contributed by atoms with Crippen molar-refractivity contribution in [3.63, 3.8) is 0 Å². The highest BCUT2D eigenvalue weighted by Crippen LogP contribution is 2.23. The van der Waals surface area contributed by atoms with Crippen LogP contribution in [0.5, 0.6) is 0 Å². The summed E-state index contributed by atoms with van der Waals surface area (Å²) in [6.07, 6.45) is 5.02. The van der Waals surface area contributed by atoms with Crippen LogP contribution in [0.1, 0.15) is 31.4 Å². The second-order valence-electron chi connectivity index (χ2n) is 7.52. The highest BCUT2D eigenvalue weighted by Gasteiger charge is 2.10. The van der Waals surface area contributed by atoms with Gasteiger partial charge in [-0.3, -0.25) is 0 Å². The molecule has 0 unspecified atom stereocenters. The number of nitrogens with one attached hydrogen (secondary N) is 2. The molecular weight excluding hydrogens is 336 g/mol. The van der Waals surface area contributed by atoms with Gasteiger partial charge in [0.15, 0.2) is 0 Å². The van der Waals surface area contributed by atoms with Gasteiger partial charge in [-0.25, -0.2) is 4.98 Å². The van der Waals surface area contributed by atoms with Gasteiger partial charge in [-0.05, 0) is 77.5 Å². The summed E-state index contributed by atoms with van der Waals surface area (Å²) in [6.45, 7) is 6.29. The second-order valence-corrected chi connectivity index (χ2v) is 7.52. The maximum absolute atomic E-state index is 4.60. The van der Waals surface area contributed by atoms with Crippen LogP contribution in [-0.2, 0) is 0 Å². The van der Waals surface area contributed by atoms with Crippen LogP contribution >= 0.6 is 0 Å². The lowest BCUT2D eigenvalue weighted by Crippen LogP contribution is -2.29. The minimum atomic E-state index is 0.635. The zero-order chi connectivity index (χ0) is 19.1. The topological polar surface area (TPSA) is 56.3 Å². The average molecular weight is 369 g/mol. The third kappa shape index (κ3) is 6.10. The van der Waals surface area contributed by atoms with Gasteiger partial charge >= 0.3 is 0 Å². The van der Waals surface area contributed by atoms with Gasteiger partial charge in [0.25, 0.3) is 0 Å². The number of rotatable bonds is 8. The molecule has 0 amide bonds. The molecule has 1 aliphatic rings. The number of hydrogen-bond acceptors (Lipinski definition) is 6. The van der Waals surface area contributed by atoms with Crippen LogP contribution in [0, 0.1) is 6.92 Å². The molecule has 0 saturated carbocycles. The second kappa shape index (κ2) is 9.55. The van der Waals surface area contributed by atoms with Gasteiger partial charge in [0.1, 0.15) is 5.82 Å². The van der Waals surface area contributed by atoms with Gasteiger partial charge in [0.2, 0.25) is 5.95 Å². The summed E-state index contributed by atoms with van der Waals surface area (Å²) in [5.41, 5.74) is 3.26. The normalized spacial score (nSPS) is 14.4. The van der Waals surface area contributed by atoms with Crippen LogP contribution in [0.3, 0.4) is 0 Å². The minimum absolute atomic E-state index is 0.635. The Labute approximate surface area is 163 Å². The number of piperidine rings is 1. The van der Waals surface area contributed by atoms with Crippen LogP contribution in [0.2, 0.25) is 0 Å². The molecule has 1 fully saturated rings. The number of nitrogens with zero attached hydrogens (tertiary/aromatic N) is 4. The Morgan fingerprint density at radius 2 is 1.78 bits per heavy atom. The molecule has 1 aromatic carbocycles. The molecule has 0 atom stereocenters. The summed E-state index contributed by atoms with van der Waals surface area (Å²) < 4.78 is 0. The Hall–Kier alpha value is -2.34. The first kappa shape index (κ1) is 19.4. The molecule has 1 aromatic heterocycles. The van der Waals surface area contributed by atoms with Gasteiger partial charge in [-0.1, -0.05) is 0 Å². The van der Waals surface area contributed by atoms with Gasteiger partial charge in [0.05, 0.1) is 0 Å². The van der Waals surface area contributed by atoms with Crippen molar-refractivity contribution in [2.45, 2.75) is 32.6 Å². The smallest absolute Gasteiger partial charge is 0.229 e. The zero-order valence-corrected chi connectivity index (χ0v) is 16.8. The summed E-state index contributed by atoms with van der Waals surface area (Å²) in [6, 6.07) is 10.6. The number of benzene rings is 1. The molecule has 2 aromatic rings. The van der Waals surface area contributed by atoms with E-state index in [9.17, 15) is 0 Å². The van der Waals surface area contributed by atoms with E-state index in [1.807, 2.05) is 13.0 Å². The zero-order valence-electron chi connectivity index (χ0n) is 16.8. The molecule has 1 aliphatic heterocycles. The summed E-state index contributed by atoms with van der Waals surface area (Å²) >= 11 is 0. The molecule has 3 rings (SSSR count). The molecule has 6 heteroatoms. The fourth-order valence-corrected chi connectivity index (χ4v) is 3.36. The van der Waals surface area contributed by atoms with Gasteiger partial charge in [-0.15, -0.1) is 0 Å². The Bertz CT molecular complexity index is 707. The molecule has 1 saturated heterocycles. The Balaban J connectivity index is 1.59. The first-order valence-corrected chi connectivity index (χ1v) is 9.96. The number of aryl methyl sites for hydroxylation is 1. The molecule has 27 heavy (non-hydrogen) atoms. The van der Waals surface area contributed by atoms with E-state index in [1.165, 1.54) is 24.9 Å². The fourth-order valence-electron chi connectivity index (χ4n) is 3.36. The number of anilines is 4. The highest BCUT2D eigenvalue weighted by molar-refractivity contribution is 5.60. The van der Waals surface area contributed by atoms with Gasteiger partial charge in [-0.2, -0.15) is 4.98 Å².